The van der Waals surface area contributed by atoms with E-state index in [4.69, 9.17) is 21.1 Å². The maximum absolute atomic E-state index is 11.4. The number of benzene rings is 2. The van der Waals surface area contributed by atoms with Crippen molar-refractivity contribution in [3.8, 4) is 22.8 Å². The molecule has 0 saturated heterocycles. The summed E-state index contributed by atoms with van der Waals surface area (Å²) >= 11 is 6.17. The minimum atomic E-state index is -0.912. The summed E-state index contributed by atoms with van der Waals surface area (Å²) in [6.45, 7) is 2.39. The Morgan fingerprint density at radius 1 is 1.24 bits per heavy atom. The molecule has 0 aliphatic carbocycles. The van der Waals surface area contributed by atoms with Crippen LogP contribution in [0.25, 0.3) is 22.2 Å². The number of ether oxygens (including phenoxy) is 2. The minimum absolute atomic E-state index is 0.124. The van der Waals surface area contributed by atoms with Crippen molar-refractivity contribution in [1.82, 2.24) is 4.98 Å². The number of methoxy groups -OCH3 is 1. The highest BCUT2D eigenvalue weighted by Gasteiger charge is 2.19. The number of nitrogens with one attached hydrogen (secondary N) is 1. The van der Waals surface area contributed by atoms with Crippen molar-refractivity contribution in [3.63, 3.8) is 0 Å². The molecule has 3 aromatic rings. The van der Waals surface area contributed by atoms with Crippen molar-refractivity contribution in [3.05, 3.63) is 47.0 Å². The van der Waals surface area contributed by atoms with Crippen molar-refractivity contribution in [2.24, 2.45) is 0 Å². The summed E-state index contributed by atoms with van der Waals surface area (Å²) < 4.78 is 11.0. The lowest BCUT2D eigenvalue weighted by Crippen LogP contribution is -2.02. The van der Waals surface area contributed by atoms with Crippen molar-refractivity contribution < 1.29 is 19.4 Å². The average Bonchev–Trinajstić information content (AvgIpc) is 2.93. The maximum atomic E-state index is 11.4. The molecule has 1 heterocycles. The van der Waals surface area contributed by atoms with Gasteiger partial charge in [-0.15, -0.1) is 0 Å². The first-order chi connectivity index (χ1) is 12.0. The molecule has 1 aromatic heterocycles. The summed E-state index contributed by atoms with van der Waals surface area (Å²) in [5.74, 6) is 0.405. The molecule has 0 aliphatic rings. The van der Waals surface area contributed by atoms with Gasteiger partial charge in [0, 0.05) is 21.5 Å². The largest absolute Gasteiger partial charge is 0.497 e. The molecule has 0 fully saturated rings. The lowest BCUT2D eigenvalue weighted by atomic mass is 10.0. The first-order valence-corrected chi connectivity index (χ1v) is 8.24. The van der Waals surface area contributed by atoms with E-state index in [1.165, 1.54) is 0 Å². The number of aromatic nitrogens is 1. The molecule has 2 N–H and O–H groups in total. The minimum Gasteiger partial charge on any atom is -0.497 e. The zero-order chi connectivity index (χ0) is 18.0. The lowest BCUT2D eigenvalue weighted by Gasteiger charge is -2.11. The summed E-state index contributed by atoms with van der Waals surface area (Å²) in [5, 5.41) is 10.7. The summed E-state index contributed by atoms with van der Waals surface area (Å²) in [7, 11) is 1.58. The molecule has 0 saturated carbocycles. The zero-order valence-electron chi connectivity index (χ0n) is 13.9. The van der Waals surface area contributed by atoms with Gasteiger partial charge in [0.2, 0.25) is 0 Å². The Morgan fingerprint density at radius 2 is 2.04 bits per heavy atom. The number of rotatable bonds is 6. The van der Waals surface area contributed by atoms with E-state index in [9.17, 15) is 9.90 Å². The number of aliphatic carboxylic acids is 1. The Balaban J connectivity index is 2.28. The van der Waals surface area contributed by atoms with Gasteiger partial charge in [0.15, 0.2) is 0 Å². The first-order valence-electron chi connectivity index (χ1n) is 7.86. The van der Waals surface area contributed by atoms with Crippen LogP contribution in [-0.4, -0.2) is 29.8 Å². The number of carboxylic acid groups (broad SMARTS) is 1. The van der Waals surface area contributed by atoms with E-state index < -0.39 is 5.97 Å². The van der Waals surface area contributed by atoms with E-state index >= 15 is 0 Å². The van der Waals surface area contributed by atoms with Gasteiger partial charge in [0.05, 0.1) is 25.8 Å². The van der Waals surface area contributed by atoms with Crippen LogP contribution in [0.1, 0.15) is 12.5 Å². The number of carboxylic acids is 1. The summed E-state index contributed by atoms with van der Waals surface area (Å²) in [5.41, 5.74) is 2.93. The monoisotopic (exact) mass is 359 g/mol. The summed E-state index contributed by atoms with van der Waals surface area (Å²) in [4.78, 5) is 14.7. The van der Waals surface area contributed by atoms with Crippen LogP contribution >= 0.6 is 11.6 Å². The summed E-state index contributed by atoms with van der Waals surface area (Å²) in [6, 6.07) is 10.8. The fourth-order valence-corrected chi connectivity index (χ4v) is 3.07. The number of hydrogen-bond donors (Lipinski definition) is 2. The van der Waals surface area contributed by atoms with Crippen LogP contribution in [0.4, 0.5) is 0 Å². The van der Waals surface area contributed by atoms with Crippen LogP contribution in [0.15, 0.2) is 36.4 Å². The Morgan fingerprint density at radius 3 is 2.72 bits per heavy atom. The zero-order valence-corrected chi connectivity index (χ0v) is 14.7. The van der Waals surface area contributed by atoms with E-state index in [2.05, 4.69) is 4.98 Å². The predicted octanol–water partition coefficient (Wildman–Crippen LogP) is 4.52. The third-order valence-corrected chi connectivity index (χ3v) is 4.19. The highest BCUT2D eigenvalue weighted by molar-refractivity contribution is 6.31. The molecular formula is C19H18ClNO4. The van der Waals surface area contributed by atoms with E-state index in [0.29, 0.717) is 34.4 Å². The number of carbonyl (C=O) groups is 1. The van der Waals surface area contributed by atoms with Crippen LogP contribution < -0.4 is 9.47 Å². The number of halogens is 1. The van der Waals surface area contributed by atoms with Gasteiger partial charge in [-0.05, 0) is 48.9 Å². The molecule has 0 aliphatic heterocycles. The van der Waals surface area contributed by atoms with Crippen LogP contribution in [0.2, 0.25) is 5.02 Å². The van der Waals surface area contributed by atoms with E-state index in [0.717, 1.165) is 16.5 Å². The molecule has 2 aromatic carbocycles. The SMILES string of the molecule is CCOc1ccc(Cl)cc1-c1[nH]c2ccc(OC)cc2c1CC(=O)O. The van der Waals surface area contributed by atoms with Gasteiger partial charge in [-0.2, -0.15) is 0 Å². The molecule has 5 nitrogen and oxygen atoms in total. The van der Waals surface area contributed by atoms with E-state index in [1.54, 1.807) is 25.3 Å². The molecule has 3 rings (SSSR count). The normalized spacial score (nSPS) is 10.8. The second kappa shape index (κ2) is 7.07. The van der Waals surface area contributed by atoms with Gasteiger partial charge in [-0.25, -0.2) is 0 Å². The van der Waals surface area contributed by atoms with Gasteiger partial charge in [-0.3, -0.25) is 4.79 Å². The van der Waals surface area contributed by atoms with Crippen molar-refractivity contribution in [2.75, 3.05) is 13.7 Å². The van der Waals surface area contributed by atoms with Crippen LogP contribution in [0.5, 0.6) is 11.5 Å². The van der Waals surface area contributed by atoms with Gasteiger partial charge < -0.3 is 19.6 Å². The van der Waals surface area contributed by atoms with Crippen molar-refractivity contribution in [2.45, 2.75) is 13.3 Å². The fraction of sp³-hybridized carbons (Fsp3) is 0.211. The number of H-pyrrole nitrogens is 1. The molecule has 0 radical (unpaired) electrons. The molecule has 0 amide bonds. The van der Waals surface area contributed by atoms with Gasteiger partial charge >= 0.3 is 5.97 Å². The molecule has 130 valence electrons. The first kappa shape index (κ1) is 17.2. The van der Waals surface area contributed by atoms with Crippen LogP contribution in [-0.2, 0) is 11.2 Å². The fourth-order valence-electron chi connectivity index (χ4n) is 2.90. The molecule has 0 bridgehead atoms. The number of aromatic amines is 1. The van der Waals surface area contributed by atoms with Gasteiger partial charge in [0.25, 0.3) is 0 Å². The molecule has 6 heteroatoms. The molecule has 0 unspecified atom stereocenters. The van der Waals surface area contributed by atoms with Gasteiger partial charge in [-0.1, -0.05) is 11.6 Å². The third kappa shape index (κ3) is 3.42. The number of hydrogen-bond acceptors (Lipinski definition) is 3. The van der Waals surface area contributed by atoms with Crippen molar-refractivity contribution >= 4 is 28.5 Å². The van der Waals surface area contributed by atoms with E-state index in [-0.39, 0.29) is 6.42 Å². The van der Waals surface area contributed by atoms with E-state index in [1.807, 2.05) is 25.1 Å². The molecule has 0 spiro atoms. The quantitative estimate of drug-likeness (QED) is 0.678. The Bertz CT molecular complexity index is 933. The predicted molar refractivity (Wildman–Crippen MR) is 97.8 cm³/mol. The smallest absolute Gasteiger partial charge is 0.307 e. The Hall–Kier alpha value is -2.66. The Kier molecular flexibility index (Phi) is 4.86. The molecule has 25 heavy (non-hydrogen) atoms. The third-order valence-electron chi connectivity index (χ3n) is 3.95. The highest BCUT2D eigenvalue weighted by Crippen LogP contribution is 2.38. The van der Waals surface area contributed by atoms with Crippen LogP contribution in [0.3, 0.4) is 0 Å². The van der Waals surface area contributed by atoms with Gasteiger partial charge in [0.1, 0.15) is 11.5 Å². The van der Waals surface area contributed by atoms with Crippen LogP contribution in [0, 0.1) is 0 Å². The second-order valence-corrected chi connectivity index (χ2v) is 5.97. The molecular weight excluding hydrogens is 342 g/mol. The second-order valence-electron chi connectivity index (χ2n) is 5.53. The highest BCUT2D eigenvalue weighted by atomic mass is 35.5. The topological polar surface area (TPSA) is 71.5 Å². The standard InChI is InChI=1S/C19H18ClNO4/c1-3-25-17-7-4-11(20)8-15(17)19-14(10-18(22)23)13-9-12(24-2)5-6-16(13)21-19/h4-9,21H,3,10H2,1-2H3,(H,22,23). The average molecular weight is 360 g/mol. The summed E-state index contributed by atoms with van der Waals surface area (Å²) in [6.07, 6.45) is -0.124. The lowest BCUT2D eigenvalue weighted by molar-refractivity contribution is -0.136. The maximum Gasteiger partial charge on any atom is 0.307 e. The Labute approximate surface area is 150 Å². The molecule has 0 atom stereocenters. The van der Waals surface area contributed by atoms with Crippen molar-refractivity contribution in [1.29, 1.82) is 0 Å². The number of fused-ring (bicyclic) bond motifs is 1.